The number of nitrogens with zero attached hydrogens (tertiary/aromatic N) is 1. The summed E-state index contributed by atoms with van der Waals surface area (Å²) in [5.74, 6) is 0.638. The molecule has 2 aliphatic heterocycles. The van der Waals surface area contributed by atoms with Crippen molar-refractivity contribution >= 4 is 22.6 Å². The van der Waals surface area contributed by atoms with Gasteiger partial charge in [-0.2, -0.15) is 0 Å². The molecule has 1 aromatic heterocycles. The quantitative estimate of drug-likeness (QED) is 0.584. The number of anilines is 1. The number of carbonyl (C=O) groups is 1. The van der Waals surface area contributed by atoms with Gasteiger partial charge in [0, 0.05) is 17.5 Å². The van der Waals surface area contributed by atoms with Crippen molar-refractivity contribution in [2.45, 2.75) is 70.2 Å². The summed E-state index contributed by atoms with van der Waals surface area (Å²) in [4.78, 5) is 13.6. The second-order valence-electron chi connectivity index (χ2n) is 7.73. The predicted octanol–water partition coefficient (Wildman–Crippen LogP) is 4.69. The Morgan fingerprint density at radius 2 is 2.27 bits per heavy atom. The third-order valence-corrected chi connectivity index (χ3v) is 6.24. The first-order valence-electron chi connectivity index (χ1n) is 9.20. The summed E-state index contributed by atoms with van der Waals surface area (Å²) in [6, 6.07) is 0. The third-order valence-electron chi connectivity index (χ3n) is 5.55. The molecule has 4 unspecified atom stereocenters. The molecular formula is C19H28N2O4S. The fraction of sp³-hybridized carbons (Fsp3) is 0.684. The van der Waals surface area contributed by atoms with Gasteiger partial charge in [-0.25, -0.2) is 9.78 Å². The lowest BCUT2D eigenvalue weighted by atomic mass is 9.71. The highest BCUT2D eigenvalue weighted by Crippen LogP contribution is 2.58. The van der Waals surface area contributed by atoms with Crippen LogP contribution in [0.1, 0.15) is 52.9 Å². The summed E-state index contributed by atoms with van der Waals surface area (Å²) >= 11 is 1.25. The molecule has 1 spiro atoms. The molecule has 144 valence electrons. The van der Waals surface area contributed by atoms with Gasteiger partial charge in [0.2, 0.25) is 0 Å². The number of nitrogens with one attached hydrogen (secondary N) is 1. The summed E-state index contributed by atoms with van der Waals surface area (Å²) in [6.07, 6.45) is 9.51. The molecule has 0 aromatic carbocycles. The van der Waals surface area contributed by atoms with Gasteiger partial charge in [0.15, 0.2) is 5.13 Å². The second kappa shape index (κ2) is 7.66. The molecule has 3 heterocycles. The number of allylic oxidation sites excluding steroid dienone is 1. The first kappa shape index (κ1) is 19.3. The highest BCUT2D eigenvalue weighted by molar-refractivity contribution is 7.13. The molecular weight excluding hydrogens is 352 g/mol. The molecule has 1 aliphatic carbocycles. The van der Waals surface area contributed by atoms with Crippen molar-refractivity contribution in [3.05, 3.63) is 23.2 Å². The number of ether oxygens (including phenoxy) is 2. The van der Waals surface area contributed by atoms with Gasteiger partial charge in [-0.05, 0) is 40.0 Å². The summed E-state index contributed by atoms with van der Waals surface area (Å²) in [5.41, 5.74) is 1.71. The van der Waals surface area contributed by atoms with Gasteiger partial charge in [-0.15, -0.1) is 11.3 Å². The number of aromatic nitrogens is 1. The average molecular weight is 381 g/mol. The van der Waals surface area contributed by atoms with Crippen molar-refractivity contribution in [1.82, 2.24) is 4.98 Å². The van der Waals surface area contributed by atoms with Gasteiger partial charge in [0.05, 0.1) is 23.9 Å². The molecule has 4 rings (SSSR count). The van der Waals surface area contributed by atoms with Crippen LogP contribution in [0.25, 0.3) is 0 Å². The number of thiazole rings is 1. The Kier molecular flexibility index (Phi) is 5.69. The SMILES string of the molecule is CC(C)=CCC1OC1(C)C1CCCCC12CO2.O=C(O)Nc1nccs1. The minimum absolute atomic E-state index is 0.100. The van der Waals surface area contributed by atoms with Crippen LogP contribution >= 0.6 is 11.3 Å². The minimum Gasteiger partial charge on any atom is -0.465 e. The zero-order valence-electron chi connectivity index (χ0n) is 15.7. The number of hydrogen-bond acceptors (Lipinski definition) is 5. The lowest BCUT2D eigenvalue weighted by Crippen LogP contribution is -2.39. The number of epoxide rings is 2. The zero-order chi connectivity index (χ0) is 18.8. The van der Waals surface area contributed by atoms with Crippen LogP contribution in [0.2, 0.25) is 0 Å². The second-order valence-corrected chi connectivity index (χ2v) is 8.62. The lowest BCUT2D eigenvalue weighted by Gasteiger charge is -2.32. The van der Waals surface area contributed by atoms with Gasteiger partial charge in [-0.3, -0.25) is 5.32 Å². The summed E-state index contributed by atoms with van der Waals surface area (Å²) < 4.78 is 11.8. The van der Waals surface area contributed by atoms with E-state index in [1.165, 1.54) is 48.8 Å². The average Bonchev–Trinajstić information content (AvgIpc) is 3.42. The van der Waals surface area contributed by atoms with Crippen LogP contribution in [0.15, 0.2) is 23.2 Å². The predicted molar refractivity (Wildman–Crippen MR) is 102 cm³/mol. The van der Waals surface area contributed by atoms with Crippen molar-refractivity contribution in [1.29, 1.82) is 0 Å². The fourth-order valence-corrected chi connectivity index (χ4v) is 4.56. The molecule has 1 amide bonds. The van der Waals surface area contributed by atoms with E-state index in [4.69, 9.17) is 14.6 Å². The van der Waals surface area contributed by atoms with E-state index in [-0.39, 0.29) is 11.2 Å². The smallest absolute Gasteiger partial charge is 0.410 e. The maximum Gasteiger partial charge on any atom is 0.410 e. The van der Waals surface area contributed by atoms with E-state index in [1.807, 2.05) is 0 Å². The van der Waals surface area contributed by atoms with Crippen molar-refractivity contribution in [3.63, 3.8) is 0 Å². The van der Waals surface area contributed by atoms with Crippen LogP contribution in [0.3, 0.4) is 0 Å². The summed E-state index contributed by atoms with van der Waals surface area (Å²) in [5, 5.41) is 12.4. The Labute approximate surface area is 158 Å². The van der Waals surface area contributed by atoms with E-state index in [9.17, 15) is 4.79 Å². The van der Waals surface area contributed by atoms with E-state index in [2.05, 4.69) is 37.1 Å². The summed E-state index contributed by atoms with van der Waals surface area (Å²) in [7, 11) is 0. The molecule has 26 heavy (non-hydrogen) atoms. The number of hydrogen-bond donors (Lipinski definition) is 2. The Balaban J connectivity index is 0.000000185. The van der Waals surface area contributed by atoms with Gasteiger partial charge in [-0.1, -0.05) is 24.5 Å². The van der Waals surface area contributed by atoms with Gasteiger partial charge < -0.3 is 14.6 Å². The van der Waals surface area contributed by atoms with Crippen LogP contribution in [-0.2, 0) is 9.47 Å². The number of amides is 1. The fourth-order valence-electron chi connectivity index (χ4n) is 4.04. The maximum absolute atomic E-state index is 9.92. The van der Waals surface area contributed by atoms with Gasteiger partial charge in [0.25, 0.3) is 0 Å². The molecule has 7 heteroatoms. The highest BCUT2D eigenvalue weighted by Gasteiger charge is 2.67. The standard InChI is InChI=1S/C15H24O2.C4H4N2O2S/c1-11(2)7-8-13-14(3,17-13)12-6-4-5-9-15(12)10-16-15;7-4(8)6-3-5-1-2-9-3/h7,12-13H,4-6,8-10H2,1-3H3;1-2H,(H,5,6)(H,7,8). The molecule has 1 aromatic rings. The first-order chi connectivity index (χ1) is 12.4. The minimum atomic E-state index is -1.08. The topological polar surface area (TPSA) is 87.3 Å². The van der Waals surface area contributed by atoms with Crippen molar-refractivity contribution in [3.8, 4) is 0 Å². The normalized spacial score (nSPS) is 34.4. The van der Waals surface area contributed by atoms with E-state index in [0.29, 0.717) is 17.2 Å². The van der Waals surface area contributed by atoms with Crippen LogP contribution in [0.4, 0.5) is 9.93 Å². The molecule has 2 N–H and O–H groups in total. The molecule has 1 saturated carbocycles. The van der Waals surface area contributed by atoms with Gasteiger partial charge >= 0.3 is 6.09 Å². The van der Waals surface area contributed by atoms with E-state index >= 15 is 0 Å². The van der Waals surface area contributed by atoms with E-state index in [1.54, 1.807) is 5.38 Å². The summed E-state index contributed by atoms with van der Waals surface area (Å²) in [6.45, 7) is 7.60. The molecule has 2 saturated heterocycles. The molecule has 3 aliphatic rings. The Hall–Kier alpha value is -1.44. The van der Waals surface area contributed by atoms with Crippen LogP contribution < -0.4 is 5.32 Å². The van der Waals surface area contributed by atoms with Gasteiger partial charge in [0.1, 0.15) is 0 Å². The van der Waals surface area contributed by atoms with Crippen molar-refractivity contribution in [2.75, 3.05) is 11.9 Å². The Morgan fingerprint density at radius 1 is 1.50 bits per heavy atom. The van der Waals surface area contributed by atoms with Crippen molar-refractivity contribution < 1.29 is 19.4 Å². The molecule has 6 nitrogen and oxygen atoms in total. The Bertz CT molecular complexity index is 653. The van der Waals surface area contributed by atoms with Crippen LogP contribution in [-0.4, -0.2) is 40.1 Å². The molecule has 0 bridgehead atoms. The first-order valence-corrected chi connectivity index (χ1v) is 10.1. The number of carboxylic acid groups (broad SMARTS) is 1. The molecule has 3 fully saturated rings. The van der Waals surface area contributed by atoms with Crippen LogP contribution in [0, 0.1) is 5.92 Å². The highest BCUT2D eigenvalue weighted by atomic mass is 32.1. The monoisotopic (exact) mass is 380 g/mol. The van der Waals surface area contributed by atoms with E-state index < -0.39 is 6.09 Å². The Morgan fingerprint density at radius 3 is 2.85 bits per heavy atom. The molecule has 0 radical (unpaired) electrons. The lowest BCUT2D eigenvalue weighted by molar-refractivity contribution is 0.0886. The number of rotatable bonds is 4. The van der Waals surface area contributed by atoms with Crippen LogP contribution in [0.5, 0.6) is 0 Å². The molecule has 4 atom stereocenters. The van der Waals surface area contributed by atoms with Crippen molar-refractivity contribution in [2.24, 2.45) is 5.92 Å². The largest absolute Gasteiger partial charge is 0.465 e. The zero-order valence-corrected chi connectivity index (χ0v) is 16.5. The maximum atomic E-state index is 9.92. The van der Waals surface area contributed by atoms with E-state index in [0.717, 1.165) is 13.0 Å². The third kappa shape index (κ3) is 4.45.